The summed E-state index contributed by atoms with van der Waals surface area (Å²) >= 11 is 0. The van der Waals surface area contributed by atoms with Crippen LogP contribution in [0.4, 0.5) is 0 Å². The summed E-state index contributed by atoms with van der Waals surface area (Å²) in [5, 5.41) is 17.0. The van der Waals surface area contributed by atoms with Gasteiger partial charge in [-0.2, -0.15) is 0 Å². The Bertz CT molecular complexity index is 380. The summed E-state index contributed by atoms with van der Waals surface area (Å²) in [6, 6.07) is 3.59. The first-order valence-electron chi connectivity index (χ1n) is 5.59. The molecule has 0 bridgehead atoms. The van der Waals surface area contributed by atoms with Crippen molar-refractivity contribution in [2.45, 2.75) is 38.5 Å². The monoisotopic (exact) mass is 240 g/mol. The number of carboxylic acids is 2. The summed E-state index contributed by atoms with van der Waals surface area (Å²) in [4.78, 5) is 20.6. The van der Waals surface area contributed by atoms with Crippen molar-refractivity contribution < 1.29 is 24.2 Å². The largest absolute Gasteiger partial charge is 0.481 e. The number of rotatable bonds is 8. The van der Waals surface area contributed by atoms with Gasteiger partial charge in [-0.1, -0.05) is 0 Å². The van der Waals surface area contributed by atoms with Crippen LogP contribution in [0.5, 0.6) is 0 Å². The molecule has 0 aliphatic rings. The lowest BCUT2D eigenvalue weighted by atomic mass is 10.1. The Balaban J connectivity index is 2.25. The smallest absolute Gasteiger partial charge is 0.303 e. The van der Waals surface area contributed by atoms with Gasteiger partial charge in [0.1, 0.15) is 11.5 Å². The van der Waals surface area contributed by atoms with Crippen molar-refractivity contribution in [2.75, 3.05) is 0 Å². The van der Waals surface area contributed by atoms with Crippen LogP contribution in [-0.2, 0) is 22.4 Å². The molecule has 0 aliphatic heterocycles. The number of furan rings is 1. The van der Waals surface area contributed by atoms with Crippen LogP contribution >= 0.6 is 0 Å². The molecule has 0 saturated carbocycles. The van der Waals surface area contributed by atoms with Crippen LogP contribution < -0.4 is 0 Å². The molecule has 0 aromatic carbocycles. The topological polar surface area (TPSA) is 87.7 Å². The predicted octanol–water partition coefficient (Wildman–Crippen LogP) is 2.09. The molecule has 0 spiro atoms. The molecule has 0 atom stereocenters. The second kappa shape index (κ2) is 6.73. The molecular formula is C12H16O5. The van der Waals surface area contributed by atoms with E-state index in [0.29, 0.717) is 25.0 Å². The van der Waals surface area contributed by atoms with Crippen molar-refractivity contribution >= 4 is 11.9 Å². The third-order valence-electron chi connectivity index (χ3n) is 2.37. The van der Waals surface area contributed by atoms with E-state index in [4.69, 9.17) is 14.6 Å². The molecule has 0 aliphatic carbocycles. The fourth-order valence-electron chi connectivity index (χ4n) is 1.50. The number of carbonyl (C=O) groups is 2. The lowest BCUT2D eigenvalue weighted by molar-refractivity contribution is -0.138. The second-order valence-corrected chi connectivity index (χ2v) is 3.86. The highest BCUT2D eigenvalue weighted by Crippen LogP contribution is 2.13. The van der Waals surface area contributed by atoms with Gasteiger partial charge in [-0.15, -0.1) is 0 Å². The van der Waals surface area contributed by atoms with E-state index in [9.17, 15) is 9.59 Å². The number of aliphatic carboxylic acids is 2. The van der Waals surface area contributed by atoms with Gasteiger partial charge in [0.15, 0.2) is 0 Å². The van der Waals surface area contributed by atoms with Crippen molar-refractivity contribution in [1.82, 2.24) is 0 Å². The molecule has 2 N–H and O–H groups in total. The fourth-order valence-corrected chi connectivity index (χ4v) is 1.50. The summed E-state index contributed by atoms with van der Waals surface area (Å²) in [7, 11) is 0. The van der Waals surface area contributed by atoms with E-state index in [-0.39, 0.29) is 12.8 Å². The highest BCUT2D eigenvalue weighted by atomic mass is 16.4. The van der Waals surface area contributed by atoms with E-state index in [2.05, 4.69) is 0 Å². The zero-order valence-electron chi connectivity index (χ0n) is 9.52. The minimum absolute atomic E-state index is 0.0615. The van der Waals surface area contributed by atoms with Crippen molar-refractivity contribution in [3.05, 3.63) is 23.7 Å². The maximum atomic E-state index is 10.4. The Morgan fingerprint density at radius 1 is 0.941 bits per heavy atom. The maximum Gasteiger partial charge on any atom is 0.303 e. The first-order chi connectivity index (χ1) is 8.08. The first kappa shape index (κ1) is 13.3. The van der Waals surface area contributed by atoms with Gasteiger partial charge < -0.3 is 14.6 Å². The maximum absolute atomic E-state index is 10.4. The lowest BCUT2D eigenvalue weighted by Crippen LogP contribution is -1.96. The quantitative estimate of drug-likeness (QED) is 0.679. The van der Waals surface area contributed by atoms with Crippen LogP contribution in [0.25, 0.3) is 0 Å². The molecule has 94 valence electrons. The van der Waals surface area contributed by atoms with E-state index in [1.807, 2.05) is 6.07 Å². The Labute approximate surface area is 99.1 Å². The zero-order chi connectivity index (χ0) is 12.7. The molecule has 0 amide bonds. The highest BCUT2D eigenvalue weighted by Gasteiger charge is 2.05. The molecule has 5 heteroatoms. The molecule has 0 fully saturated rings. The van der Waals surface area contributed by atoms with Crippen LogP contribution in [0.3, 0.4) is 0 Å². The summed E-state index contributed by atoms with van der Waals surface area (Å²) in [5.41, 5.74) is 0. The van der Waals surface area contributed by atoms with Crippen LogP contribution in [0.1, 0.15) is 37.2 Å². The van der Waals surface area contributed by atoms with Gasteiger partial charge in [-0.05, 0) is 25.0 Å². The van der Waals surface area contributed by atoms with Gasteiger partial charge in [0.2, 0.25) is 0 Å². The predicted molar refractivity (Wildman–Crippen MR) is 59.9 cm³/mol. The molecule has 0 unspecified atom stereocenters. The molecule has 1 rings (SSSR count). The molecule has 1 heterocycles. The molecule has 5 nitrogen and oxygen atoms in total. The van der Waals surface area contributed by atoms with Gasteiger partial charge in [0.05, 0.1) is 6.42 Å². The van der Waals surface area contributed by atoms with E-state index >= 15 is 0 Å². The Hall–Kier alpha value is -1.78. The van der Waals surface area contributed by atoms with Crippen molar-refractivity contribution in [3.8, 4) is 0 Å². The van der Waals surface area contributed by atoms with Crippen LogP contribution in [0.2, 0.25) is 0 Å². The van der Waals surface area contributed by atoms with E-state index < -0.39 is 11.9 Å². The van der Waals surface area contributed by atoms with Crippen LogP contribution in [0, 0.1) is 0 Å². The SMILES string of the molecule is O=C(O)CCCCc1ccc(CCC(=O)O)o1. The Morgan fingerprint density at radius 2 is 1.53 bits per heavy atom. The normalized spacial score (nSPS) is 10.4. The fraction of sp³-hybridized carbons (Fsp3) is 0.500. The first-order valence-corrected chi connectivity index (χ1v) is 5.59. The molecular weight excluding hydrogens is 224 g/mol. The zero-order valence-corrected chi connectivity index (χ0v) is 9.52. The van der Waals surface area contributed by atoms with Crippen molar-refractivity contribution in [3.63, 3.8) is 0 Å². The number of aryl methyl sites for hydroxylation is 2. The highest BCUT2D eigenvalue weighted by molar-refractivity contribution is 5.67. The summed E-state index contributed by atoms with van der Waals surface area (Å²) in [6.45, 7) is 0. The van der Waals surface area contributed by atoms with Crippen LogP contribution in [-0.4, -0.2) is 22.2 Å². The summed E-state index contributed by atoms with van der Waals surface area (Å²) < 4.78 is 5.43. The second-order valence-electron chi connectivity index (χ2n) is 3.86. The summed E-state index contributed by atoms with van der Waals surface area (Å²) in [5.74, 6) is -0.174. The molecule has 1 aromatic heterocycles. The molecule has 17 heavy (non-hydrogen) atoms. The van der Waals surface area contributed by atoms with E-state index in [0.717, 1.165) is 12.2 Å². The minimum Gasteiger partial charge on any atom is -0.481 e. The van der Waals surface area contributed by atoms with Crippen LogP contribution in [0.15, 0.2) is 16.5 Å². The van der Waals surface area contributed by atoms with Gasteiger partial charge >= 0.3 is 11.9 Å². The van der Waals surface area contributed by atoms with E-state index in [1.54, 1.807) is 6.07 Å². The Kier molecular flexibility index (Phi) is 5.26. The van der Waals surface area contributed by atoms with Gasteiger partial charge in [0.25, 0.3) is 0 Å². The van der Waals surface area contributed by atoms with E-state index in [1.165, 1.54) is 0 Å². The molecule has 0 saturated heterocycles. The number of unbranched alkanes of at least 4 members (excludes halogenated alkanes) is 1. The third-order valence-corrected chi connectivity index (χ3v) is 2.37. The number of hydrogen-bond acceptors (Lipinski definition) is 3. The van der Waals surface area contributed by atoms with Gasteiger partial charge in [-0.25, -0.2) is 0 Å². The summed E-state index contributed by atoms with van der Waals surface area (Å²) in [6.07, 6.45) is 2.71. The van der Waals surface area contributed by atoms with Crippen molar-refractivity contribution in [2.24, 2.45) is 0 Å². The molecule has 1 aromatic rings. The van der Waals surface area contributed by atoms with Gasteiger partial charge in [0, 0.05) is 19.3 Å². The van der Waals surface area contributed by atoms with Crippen molar-refractivity contribution in [1.29, 1.82) is 0 Å². The standard InChI is InChI=1S/C12H16O5/c13-11(14)4-2-1-3-9-5-6-10(17-9)7-8-12(15)16/h5-6H,1-4,7-8H2,(H,13,14)(H,15,16). The number of hydrogen-bond donors (Lipinski definition) is 2. The average Bonchev–Trinajstić information content (AvgIpc) is 2.69. The van der Waals surface area contributed by atoms with Gasteiger partial charge in [-0.3, -0.25) is 9.59 Å². The number of carboxylic acid groups (broad SMARTS) is 2. The molecule has 0 radical (unpaired) electrons. The average molecular weight is 240 g/mol. The lowest BCUT2D eigenvalue weighted by Gasteiger charge is -1.96. The minimum atomic E-state index is -0.843. The Morgan fingerprint density at radius 3 is 2.12 bits per heavy atom. The third kappa shape index (κ3) is 5.75.